The second-order valence-corrected chi connectivity index (χ2v) is 9.18. The van der Waals surface area contributed by atoms with Crippen molar-refractivity contribution in [2.45, 2.75) is 50.0 Å². The van der Waals surface area contributed by atoms with Crippen LogP contribution in [-0.2, 0) is 14.8 Å². The monoisotopic (exact) mass is 397 g/mol. The molecule has 8 heteroatoms. The molecular formula is C19H31N3O4S. The summed E-state index contributed by atoms with van der Waals surface area (Å²) < 4.78 is 31.3. The zero-order chi connectivity index (χ0) is 20.0. The van der Waals surface area contributed by atoms with Crippen molar-refractivity contribution in [3.05, 3.63) is 18.2 Å². The van der Waals surface area contributed by atoms with Crippen LogP contribution in [0.3, 0.4) is 0 Å². The highest BCUT2D eigenvalue weighted by molar-refractivity contribution is 7.89. The first-order valence-corrected chi connectivity index (χ1v) is 10.9. The number of anilines is 1. The lowest BCUT2D eigenvalue weighted by molar-refractivity contribution is -0.118. The minimum Gasteiger partial charge on any atom is -0.495 e. The first-order valence-electron chi connectivity index (χ1n) is 9.44. The molecular weight excluding hydrogens is 366 g/mol. The molecule has 7 nitrogen and oxygen atoms in total. The van der Waals surface area contributed by atoms with Crippen molar-refractivity contribution in [3.8, 4) is 5.75 Å². The van der Waals surface area contributed by atoms with E-state index in [0.717, 1.165) is 23.7 Å². The first-order chi connectivity index (χ1) is 12.8. The van der Waals surface area contributed by atoms with Gasteiger partial charge in [-0.3, -0.25) is 9.69 Å². The molecule has 0 bridgehead atoms. The lowest BCUT2D eigenvalue weighted by atomic mass is 9.94. The van der Waals surface area contributed by atoms with Crippen molar-refractivity contribution in [2.75, 3.05) is 39.6 Å². The predicted molar refractivity (Wildman–Crippen MR) is 107 cm³/mol. The molecule has 1 amide bonds. The summed E-state index contributed by atoms with van der Waals surface area (Å²) in [6.07, 6.45) is 5.97. The van der Waals surface area contributed by atoms with Crippen LogP contribution >= 0.6 is 0 Å². The molecule has 1 aliphatic rings. The number of methoxy groups -OCH3 is 1. The number of rotatable bonds is 8. The Kier molecular flexibility index (Phi) is 7.64. The van der Waals surface area contributed by atoms with E-state index in [0.29, 0.717) is 18.3 Å². The van der Waals surface area contributed by atoms with Crippen LogP contribution in [0.15, 0.2) is 23.1 Å². The lowest BCUT2D eigenvalue weighted by Gasteiger charge is -2.32. The Labute approximate surface area is 162 Å². The third-order valence-corrected chi connectivity index (χ3v) is 6.89. The summed E-state index contributed by atoms with van der Waals surface area (Å²) in [7, 11) is 0.669. The molecule has 0 spiro atoms. The van der Waals surface area contributed by atoms with Gasteiger partial charge in [0.05, 0.1) is 13.7 Å². The van der Waals surface area contributed by atoms with Gasteiger partial charge in [-0.1, -0.05) is 26.2 Å². The highest BCUT2D eigenvalue weighted by Crippen LogP contribution is 2.29. The average Bonchev–Trinajstić information content (AvgIpc) is 2.66. The number of hydrogen-bond acceptors (Lipinski definition) is 5. The van der Waals surface area contributed by atoms with Crippen LogP contribution in [0.5, 0.6) is 5.75 Å². The highest BCUT2D eigenvalue weighted by Gasteiger charge is 2.24. The molecule has 1 aromatic carbocycles. The molecule has 2 rings (SSSR count). The van der Waals surface area contributed by atoms with E-state index in [-0.39, 0.29) is 16.6 Å². The molecule has 1 fully saturated rings. The standard InChI is InChI=1S/C19H31N3O4S/c1-5-22(16-9-7-6-8-10-16)14-19(23)20-15-11-12-17(26-4)18(13-15)27(24,25)21(2)3/h11-13,16H,5-10,14H2,1-4H3,(H,20,23). The predicted octanol–water partition coefficient (Wildman–Crippen LogP) is 2.54. The number of likely N-dealkylation sites (N-methyl/N-ethyl adjacent to an activating group) is 1. The quantitative estimate of drug-likeness (QED) is 0.729. The van der Waals surface area contributed by atoms with Gasteiger partial charge in [0.15, 0.2) is 0 Å². The number of sulfonamides is 1. The van der Waals surface area contributed by atoms with E-state index in [1.54, 1.807) is 12.1 Å². The van der Waals surface area contributed by atoms with Gasteiger partial charge in [-0.05, 0) is 37.6 Å². The molecule has 0 heterocycles. The maximum atomic E-state index is 12.5. The molecule has 27 heavy (non-hydrogen) atoms. The van der Waals surface area contributed by atoms with Gasteiger partial charge in [0, 0.05) is 25.8 Å². The fraction of sp³-hybridized carbons (Fsp3) is 0.632. The van der Waals surface area contributed by atoms with Crippen molar-refractivity contribution in [1.82, 2.24) is 9.21 Å². The summed E-state index contributed by atoms with van der Waals surface area (Å²) in [5.41, 5.74) is 0.445. The van der Waals surface area contributed by atoms with Crippen molar-refractivity contribution < 1.29 is 17.9 Å². The number of nitrogens with zero attached hydrogens (tertiary/aromatic N) is 2. The third kappa shape index (κ3) is 5.43. The van der Waals surface area contributed by atoms with Crippen LogP contribution in [-0.4, -0.2) is 63.9 Å². The highest BCUT2D eigenvalue weighted by atomic mass is 32.2. The van der Waals surface area contributed by atoms with Gasteiger partial charge >= 0.3 is 0 Å². The molecule has 1 N–H and O–H groups in total. The van der Waals surface area contributed by atoms with Gasteiger partial charge in [0.25, 0.3) is 0 Å². The summed E-state index contributed by atoms with van der Waals surface area (Å²) >= 11 is 0. The smallest absolute Gasteiger partial charge is 0.246 e. The van der Waals surface area contributed by atoms with Crippen LogP contribution in [0.25, 0.3) is 0 Å². The van der Waals surface area contributed by atoms with E-state index >= 15 is 0 Å². The SMILES string of the molecule is CCN(CC(=O)Nc1ccc(OC)c(S(=O)(=O)N(C)C)c1)C1CCCCC1. The number of carbonyl (C=O) groups excluding carboxylic acids is 1. The second-order valence-electron chi connectivity index (χ2n) is 7.06. The Balaban J connectivity index is 2.13. The van der Waals surface area contributed by atoms with Gasteiger partial charge in [-0.15, -0.1) is 0 Å². The van der Waals surface area contributed by atoms with Gasteiger partial charge < -0.3 is 10.1 Å². The van der Waals surface area contributed by atoms with E-state index < -0.39 is 10.0 Å². The molecule has 1 aromatic rings. The zero-order valence-electron chi connectivity index (χ0n) is 16.7. The Hall–Kier alpha value is -1.64. The topological polar surface area (TPSA) is 79.0 Å². The molecule has 0 aromatic heterocycles. The summed E-state index contributed by atoms with van der Waals surface area (Å²) in [6.45, 7) is 3.20. The molecule has 1 aliphatic carbocycles. The van der Waals surface area contributed by atoms with E-state index in [4.69, 9.17) is 4.74 Å². The molecule has 0 unspecified atom stereocenters. The van der Waals surface area contributed by atoms with Gasteiger partial charge in [0.1, 0.15) is 10.6 Å². The van der Waals surface area contributed by atoms with Crippen molar-refractivity contribution in [2.24, 2.45) is 0 Å². The second kappa shape index (κ2) is 9.52. The maximum Gasteiger partial charge on any atom is 0.246 e. The fourth-order valence-corrected chi connectivity index (χ4v) is 4.56. The number of carbonyl (C=O) groups is 1. The molecule has 0 saturated heterocycles. The fourth-order valence-electron chi connectivity index (χ4n) is 3.48. The molecule has 152 valence electrons. The zero-order valence-corrected chi connectivity index (χ0v) is 17.5. The van der Waals surface area contributed by atoms with Crippen LogP contribution in [0.4, 0.5) is 5.69 Å². The van der Waals surface area contributed by atoms with Gasteiger partial charge in [0.2, 0.25) is 15.9 Å². The average molecular weight is 398 g/mol. The Morgan fingerprint density at radius 1 is 1.22 bits per heavy atom. The third-order valence-electron chi connectivity index (χ3n) is 5.05. The number of ether oxygens (including phenoxy) is 1. The number of amides is 1. The molecule has 0 atom stereocenters. The van der Waals surface area contributed by atoms with Crippen LogP contribution in [0.1, 0.15) is 39.0 Å². The van der Waals surface area contributed by atoms with Crippen LogP contribution < -0.4 is 10.1 Å². The number of hydrogen-bond donors (Lipinski definition) is 1. The van der Waals surface area contributed by atoms with Gasteiger partial charge in [-0.25, -0.2) is 12.7 Å². The summed E-state index contributed by atoms with van der Waals surface area (Å²) in [5.74, 6) is 0.111. The Bertz CT molecular complexity index is 743. The number of benzene rings is 1. The van der Waals surface area contributed by atoms with Crippen LogP contribution in [0.2, 0.25) is 0 Å². The van der Waals surface area contributed by atoms with Crippen molar-refractivity contribution in [3.63, 3.8) is 0 Å². The molecule has 0 aliphatic heterocycles. The first kappa shape index (κ1) is 21.7. The maximum absolute atomic E-state index is 12.5. The van der Waals surface area contributed by atoms with Crippen molar-refractivity contribution in [1.29, 1.82) is 0 Å². The van der Waals surface area contributed by atoms with E-state index in [9.17, 15) is 13.2 Å². The largest absolute Gasteiger partial charge is 0.495 e. The number of nitrogens with one attached hydrogen (secondary N) is 1. The summed E-state index contributed by atoms with van der Waals surface area (Å²) in [4.78, 5) is 14.8. The summed E-state index contributed by atoms with van der Waals surface area (Å²) in [6, 6.07) is 5.12. The Morgan fingerprint density at radius 3 is 2.44 bits per heavy atom. The Morgan fingerprint density at radius 2 is 1.89 bits per heavy atom. The molecule has 0 radical (unpaired) electrons. The van der Waals surface area contributed by atoms with E-state index in [1.165, 1.54) is 46.5 Å². The van der Waals surface area contributed by atoms with Crippen molar-refractivity contribution >= 4 is 21.6 Å². The summed E-state index contributed by atoms with van der Waals surface area (Å²) in [5, 5.41) is 2.83. The normalized spacial score (nSPS) is 15.9. The van der Waals surface area contributed by atoms with Gasteiger partial charge in [-0.2, -0.15) is 0 Å². The minimum absolute atomic E-state index is 0.0347. The lowest BCUT2D eigenvalue weighted by Crippen LogP contribution is -2.41. The van der Waals surface area contributed by atoms with E-state index in [1.807, 2.05) is 0 Å². The van der Waals surface area contributed by atoms with E-state index in [2.05, 4.69) is 17.1 Å². The molecule has 1 saturated carbocycles. The minimum atomic E-state index is -3.68. The van der Waals surface area contributed by atoms with Crippen LogP contribution in [0, 0.1) is 0 Å².